The maximum absolute atomic E-state index is 13.1. The average molecular weight is 459 g/mol. The number of rotatable bonds is 9. The molecule has 8 nitrogen and oxygen atoms in total. The maximum atomic E-state index is 13.1. The summed E-state index contributed by atoms with van der Waals surface area (Å²) in [7, 11) is -4.27. The fourth-order valence-corrected chi connectivity index (χ4v) is 4.06. The van der Waals surface area contributed by atoms with E-state index in [1.54, 1.807) is 6.92 Å². The summed E-state index contributed by atoms with van der Waals surface area (Å²) in [6.07, 6.45) is -6.27. The van der Waals surface area contributed by atoms with E-state index in [0.29, 0.717) is 9.87 Å². The first-order valence-electron chi connectivity index (χ1n) is 8.95. The Balaban J connectivity index is 2.35. The number of nitro benzene ring substituents is 1. The molecule has 0 unspecified atom stereocenters. The number of hydrogen-bond acceptors (Lipinski definition) is 6. The van der Waals surface area contributed by atoms with Crippen molar-refractivity contribution in [2.24, 2.45) is 5.73 Å². The van der Waals surface area contributed by atoms with Crippen molar-refractivity contribution < 1.29 is 31.3 Å². The van der Waals surface area contributed by atoms with E-state index in [4.69, 9.17) is 5.73 Å². The molecule has 0 radical (unpaired) electrons. The van der Waals surface area contributed by atoms with Gasteiger partial charge in [-0.25, -0.2) is 8.42 Å². The molecule has 0 aliphatic rings. The molecule has 12 heteroatoms. The zero-order chi connectivity index (χ0) is 23.4. The van der Waals surface area contributed by atoms with Gasteiger partial charge in [0.1, 0.15) is 0 Å². The average Bonchev–Trinajstić information content (AvgIpc) is 2.66. The molecule has 0 aliphatic heterocycles. The van der Waals surface area contributed by atoms with Crippen molar-refractivity contribution in [3.63, 3.8) is 0 Å². The Kier molecular flexibility index (Phi) is 7.52. The number of nitro groups is 1. The highest BCUT2D eigenvalue weighted by Gasteiger charge is 2.35. The van der Waals surface area contributed by atoms with Crippen LogP contribution in [0.3, 0.4) is 0 Å². The fourth-order valence-electron chi connectivity index (χ4n) is 2.67. The molecule has 0 aromatic heterocycles. The zero-order valence-electron chi connectivity index (χ0n) is 16.4. The van der Waals surface area contributed by atoms with Gasteiger partial charge >= 0.3 is 6.18 Å². The standard InChI is InChI=1S/C19H20F3N3O5S/c1-13-2-8-16(9-3-13)31(29,30)24(12-18(26)17(23)10-19(20,21)22)11-14-4-6-15(7-5-14)25(27)28/h2-9,17H,10-12,23H2,1H3/t17-/m0/s1. The summed E-state index contributed by atoms with van der Waals surface area (Å²) < 4.78 is 64.6. The van der Waals surface area contributed by atoms with Gasteiger partial charge in [-0.2, -0.15) is 17.5 Å². The second-order valence-corrected chi connectivity index (χ2v) is 8.84. The van der Waals surface area contributed by atoms with E-state index in [-0.39, 0.29) is 10.6 Å². The van der Waals surface area contributed by atoms with Crippen molar-refractivity contribution >= 4 is 21.5 Å². The molecule has 2 aromatic carbocycles. The predicted octanol–water partition coefficient (Wildman–Crippen LogP) is 2.94. The third-order valence-corrected chi connectivity index (χ3v) is 6.17. The van der Waals surface area contributed by atoms with E-state index in [9.17, 15) is 36.5 Å². The lowest BCUT2D eigenvalue weighted by Crippen LogP contribution is -2.44. The predicted molar refractivity (Wildman–Crippen MR) is 106 cm³/mol. The van der Waals surface area contributed by atoms with Gasteiger partial charge in [0.05, 0.1) is 28.8 Å². The van der Waals surface area contributed by atoms with Gasteiger partial charge in [-0.15, -0.1) is 0 Å². The number of carbonyl (C=O) groups excluding carboxylic acids is 1. The number of nitrogens with zero attached hydrogens (tertiary/aromatic N) is 2. The van der Waals surface area contributed by atoms with E-state index in [2.05, 4.69) is 0 Å². The lowest BCUT2D eigenvalue weighted by atomic mass is 10.1. The van der Waals surface area contributed by atoms with E-state index in [1.165, 1.54) is 36.4 Å². The summed E-state index contributed by atoms with van der Waals surface area (Å²) in [6, 6.07) is 8.69. The number of sulfonamides is 1. The van der Waals surface area contributed by atoms with Crippen LogP contribution >= 0.6 is 0 Å². The molecule has 1 atom stereocenters. The number of nitrogens with two attached hydrogens (primary N) is 1. The van der Waals surface area contributed by atoms with Crippen molar-refractivity contribution in [3.8, 4) is 0 Å². The summed E-state index contributed by atoms with van der Waals surface area (Å²) in [5.41, 5.74) is 6.20. The number of ketones is 1. The third-order valence-electron chi connectivity index (χ3n) is 4.36. The number of hydrogen-bond donors (Lipinski definition) is 1. The summed E-state index contributed by atoms with van der Waals surface area (Å²) in [6.45, 7) is 0.466. The maximum Gasteiger partial charge on any atom is 0.391 e. The van der Waals surface area contributed by atoms with Crippen LogP contribution in [0.4, 0.5) is 18.9 Å². The molecule has 0 saturated carbocycles. The van der Waals surface area contributed by atoms with E-state index < -0.39 is 52.5 Å². The molecule has 2 aromatic rings. The van der Waals surface area contributed by atoms with Gasteiger partial charge in [0, 0.05) is 18.7 Å². The van der Waals surface area contributed by atoms with Gasteiger partial charge in [0.25, 0.3) is 5.69 Å². The van der Waals surface area contributed by atoms with Crippen LogP contribution in [0.25, 0.3) is 0 Å². The van der Waals surface area contributed by atoms with Crippen LogP contribution in [0.5, 0.6) is 0 Å². The van der Waals surface area contributed by atoms with Crippen LogP contribution < -0.4 is 5.73 Å². The summed E-state index contributed by atoms with van der Waals surface area (Å²) in [5, 5.41) is 10.8. The summed E-state index contributed by atoms with van der Waals surface area (Å²) in [4.78, 5) is 22.3. The van der Waals surface area contributed by atoms with Crippen LogP contribution in [-0.2, 0) is 21.4 Å². The molecule has 0 aliphatic carbocycles. The van der Waals surface area contributed by atoms with Crippen LogP contribution in [0.2, 0.25) is 0 Å². The Bertz CT molecular complexity index is 1040. The molecular weight excluding hydrogens is 439 g/mol. The van der Waals surface area contributed by atoms with E-state index in [0.717, 1.165) is 17.7 Å². The Morgan fingerprint density at radius 1 is 1.13 bits per heavy atom. The number of alkyl halides is 3. The molecular formula is C19H20F3N3O5S. The second-order valence-electron chi connectivity index (χ2n) is 6.90. The normalized spacial score (nSPS) is 13.2. The van der Waals surface area contributed by atoms with Crippen molar-refractivity contribution in [3.05, 3.63) is 69.8 Å². The molecule has 0 heterocycles. The molecule has 31 heavy (non-hydrogen) atoms. The van der Waals surface area contributed by atoms with Gasteiger partial charge in [-0.05, 0) is 24.6 Å². The van der Waals surface area contributed by atoms with Gasteiger partial charge in [0.2, 0.25) is 10.0 Å². The van der Waals surface area contributed by atoms with Crippen LogP contribution in [0.15, 0.2) is 53.4 Å². The molecule has 0 amide bonds. The van der Waals surface area contributed by atoms with Crippen LogP contribution in [0, 0.1) is 17.0 Å². The van der Waals surface area contributed by atoms with Crippen molar-refractivity contribution in [1.29, 1.82) is 0 Å². The lowest BCUT2D eigenvalue weighted by Gasteiger charge is -2.23. The number of aryl methyl sites for hydroxylation is 1. The van der Waals surface area contributed by atoms with Crippen LogP contribution in [0.1, 0.15) is 17.5 Å². The van der Waals surface area contributed by atoms with Gasteiger partial charge in [0.15, 0.2) is 5.78 Å². The first-order chi connectivity index (χ1) is 14.3. The zero-order valence-corrected chi connectivity index (χ0v) is 17.2. The Labute approximate surface area is 176 Å². The largest absolute Gasteiger partial charge is 0.391 e. The first kappa shape index (κ1) is 24.4. The van der Waals surface area contributed by atoms with Crippen molar-refractivity contribution in [2.75, 3.05) is 6.54 Å². The Morgan fingerprint density at radius 3 is 2.16 bits per heavy atom. The van der Waals surface area contributed by atoms with Gasteiger partial charge in [-0.1, -0.05) is 29.8 Å². The Hall–Kier alpha value is -2.83. The van der Waals surface area contributed by atoms with E-state index in [1.807, 2.05) is 0 Å². The molecule has 2 N–H and O–H groups in total. The van der Waals surface area contributed by atoms with Crippen molar-refractivity contribution in [1.82, 2.24) is 4.31 Å². The first-order valence-corrected chi connectivity index (χ1v) is 10.4. The third kappa shape index (κ3) is 6.84. The summed E-state index contributed by atoms with van der Waals surface area (Å²) >= 11 is 0. The van der Waals surface area contributed by atoms with Gasteiger partial charge < -0.3 is 5.73 Å². The minimum Gasteiger partial charge on any atom is -0.321 e. The number of Topliss-reactive ketones (excluding diaryl/α,β-unsaturated/α-hetero) is 1. The molecule has 0 spiro atoms. The smallest absolute Gasteiger partial charge is 0.321 e. The molecule has 0 bridgehead atoms. The van der Waals surface area contributed by atoms with Crippen molar-refractivity contribution in [2.45, 2.75) is 37.0 Å². The monoisotopic (exact) mass is 459 g/mol. The minimum absolute atomic E-state index is 0.155. The number of halogens is 3. The molecule has 2 rings (SSSR count). The van der Waals surface area contributed by atoms with Gasteiger partial charge in [-0.3, -0.25) is 14.9 Å². The van der Waals surface area contributed by atoms with E-state index >= 15 is 0 Å². The van der Waals surface area contributed by atoms with Crippen LogP contribution in [-0.4, -0.2) is 42.2 Å². The highest BCUT2D eigenvalue weighted by molar-refractivity contribution is 7.89. The topological polar surface area (TPSA) is 124 Å². The molecule has 0 saturated heterocycles. The highest BCUT2D eigenvalue weighted by Crippen LogP contribution is 2.23. The summed E-state index contributed by atoms with van der Waals surface area (Å²) in [5.74, 6) is -1.10. The number of benzene rings is 2. The molecule has 168 valence electrons. The number of carbonyl (C=O) groups is 1. The lowest BCUT2D eigenvalue weighted by molar-refractivity contribution is -0.384. The molecule has 0 fully saturated rings. The second kappa shape index (κ2) is 9.54. The minimum atomic E-state index is -4.69. The highest BCUT2D eigenvalue weighted by atomic mass is 32.2. The fraction of sp³-hybridized carbons (Fsp3) is 0.316. The Morgan fingerprint density at radius 2 is 1.68 bits per heavy atom. The number of non-ortho nitro benzene ring substituents is 1. The quantitative estimate of drug-likeness (QED) is 0.454. The SMILES string of the molecule is Cc1ccc(S(=O)(=O)N(CC(=O)[C@@H](N)CC(F)(F)F)Cc2ccc([N+](=O)[O-])cc2)cc1.